The van der Waals surface area contributed by atoms with E-state index < -0.39 is 16.8 Å². The highest BCUT2D eigenvalue weighted by atomic mass is 32.2. The minimum absolute atomic E-state index is 0.269. The van der Waals surface area contributed by atoms with Crippen LogP contribution >= 0.6 is 11.8 Å². The van der Waals surface area contributed by atoms with E-state index in [9.17, 15) is 14.7 Å². The van der Waals surface area contributed by atoms with Crippen LogP contribution in [0.5, 0.6) is 0 Å². The summed E-state index contributed by atoms with van der Waals surface area (Å²) in [6.07, 6.45) is 11.2. The first kappa shape index (κ1) is 26.9. The summed E-state index contributed by atoms with van der Waals surface area (Å²) in [6, 6.07) is 18.6. The average Bonchev–Trinajstić information content (AvgIpc) is 3.26. The molecule has 0 radical (unpaired) electrons. The van der Waals surface area contributed by atoms with Crippen molar-refractivity contribution in [3.8, 4) is 0 Å². The molecule has 2 aromatic rings. The molecule has 2 unspecified atom stereocenters. The molecule has 6 heteroatoms. The molecular formula is C29H36O5S. The van der Waals surface area contributed by atoms with Gasteiger partial charge >= 0.3 is 11.9 Å². The Balaban J connectivity index is 1.49. The zero-order chi connectivity index (χ0) is 25.1. The Hall–Kier alpha value is -2.73. The van der Waals surface area contributed by atoms with Crippen molar-refractivity contribution in [2.45, 2.75) is 75.6 Å². The Morgan fingerprint density at radius 2 is 1.60 bits per heavy atom. The van der Waals surface area contributed by atoms with Gasteiger partial charge in [0.2, 0.25) is 5.60 Å². The maximum absolute atomic E-state index is 12.7. The lowest BCUT2D eigenvalue weighted by Gasteiger charge is -2.22. The van der Waals surface area contributed by atoms with Crippen molar-refractivity contribution in [1.29, 1.82) is 0 Å². The van der Waals surface area contributed by atoms with Crippen LogP contribution in [0.1, 0.15) is 73.8 Å². The number of aryl methyl sites for hydroxylation is 2. The number of methoxy groups -OCH3 is 1. The number of hydrogen-bond acceptors (Lipinski definition) is 5. The molecule has 1 aliphatic rings. The standard InChI is InChI=1S/C29H36O5S/c1-29(28(31)32)21-20-25(34-29)35-26(27(30)33-2)24-19-13-12-18-23(24)17-11-6-4-3-5-8-14-22-15-9-7-10-16-22/h7,9-10,12-13,15-16,18-20,26H,3-6,8,11,14,17,21H2,1-2H3,(H,31,32). The Morgan fingerprint density at radius 1 is 0.971 bits per heavy atom. The number of carbonyl (C=O) groups excluding carboxylic acids is 1. The molecule has 188 valence electrons. The zero-order valence-corrected chi connectivity index (χ0v) is 21.5. The molecule has 1 aliphatic heterocycles. The van der Waals surface area contributed by atoms with Crippen LogP contribution < -0.4 is 0 Å². The second-order valence-corrected chi connectivity index (χ2v) is 10.3. The van der Waals surface area contributed by atoms with Gasteiger partial charge in [-0.25, -0.2) is 4.79 Å². The largest absolute Gasteiger partial charge is 0.478 e. The summed E-state index contributed by atoms with van der Waals surface area (Å²) in [5, 5.41) is 9.28. The van der Waals surface area contributed by atoms with Crippen LogP contribution in [0.4, 0.5) is 0 Å². The van der Waals surface area contributed by atoms with E-state index in [1.54, 1.807) is 13.0 Å². The van der Waals surface area contributed by atoms with Crippen molar-refractivity contribution in [2.24, 2.45) is 0 Å². The van der Waals surface area contributed by atoms with Gasteiger partial charge in [-0.3, -0.25) is 4.79 Å². The predicted molar refractivity (Wildman–Crippen MR) is 140 cm³/mol. The van der Waals surface area contributed by atoms with E-state index in [4.69, 9.17) is 9.47 Å². The van der Waals surface area contributed by atoms with Crippen molar-refractivity contribution < 1.29 is 24.2 Å². The molecule has 0 saturated carbocycles. The molecule has 0 fully saturated rings. The molecule has 0 aromatic heterocycles. The highest BCUT2D eigenvalue weighted by Gasteiger charge is 2.41. The number of ether oxygens (including phenoxy) is 2. The number of rotatable bonds is 14. The third kappa shape index (κ3) is 7.89. The summed E-state index contributed by atoms with van der Waals surface area (Å²) in [6.45, 7) is 1.54. The van der Waals surface area contributed by atoms with E-state index in [0.29, 0.717) is 5.09 Å². The maximum atomic E-state index is 12.7. The fourth-order valence-electron chi connectivity index (χ4n) is 4.26. The quantitative estimate of drug-likeness (QED) is 0.227. The zero-order valence-electron chi connectivity index (χ0n) is 20.7. The van der Waals surface area contributed by atoms with E-state index in [1.807, 2.05) is 18.2 Å². The number of benzene rings is 2. The lowest BCUT2D eigenvalue weighted by molar-refractivity contribution is -0.155. The van der Waals surface area contributed by atoms with Gasteiger partial charge in [-0.15, -0.1) is 0 Å². The average molecular weight is 497 g/mol. The molecule has 2 atom stereocenters. The minimum atomic E-state index is -1.29. The van der Waals surface area contributed by atoms with E-state index in [-0.39, 0.29) is 12.4 Å². The molecule has 0 aliphatic carbocycles. The van der Waals surface area contributed by atoms with E-state index in [0.717, 1.165) is 36.8 Å². The first-order valence-electron chi connectivity index (χ1n) is 12.4. The number of esters is 1. The van der Waals surface area contributed by atoms with E-state index in [2.05, 4.69) is 36.4 Å². The molecule has 0 bridgehead atoms. The van der Waals surface area contributed by atoms with Crippen molar-refractivity contribution in [1.82, 2.24) is 0 Å². The maximum Gasteiger partial charge on any atom is 0.348 e. The topological polar surface area (TPSA) is 72.8 Å². The van der Waals surface area contributed by atoms with Gasteiger partial charge in [0.05, 0.1) is 7.11 Å². The normalized spacial score (nSPS) is 17.9. The summed E-state index contributed by atoms with van der Waals surface area (Å²) in [5.41, 5.74) is 2.15. The molecule has 0 saturated heterocycles. The number of carbonyl (C=O) groups is 2. The highest BCUT2D eigenvalue weighted by Crippen LogP contribution is 2.43. The van der Waals surface area contributed by atoms with Gasteiger partial charge in [-0.05, 0) is 55.4 Å². The smallest absolute Gasteiger partial charge is 0.348 e. The molecule has 35 heavy (non-hydrogen) atoms. The van der Waals surface area contributed by atoms with Crippen molar-refractivity contribution >= 4 is 23.7 Å². The molecule has 2 aromatic carbocycles. The lowest BCUT2D eigenvalue weighted by Crippen LogP contribution is -2.34. The molecule has 0 spiro atoms. The van der Waals surface area contributed by atoms with Crippen LogP contribution in [0.3, 0.4) is 0 Å². The SMILES string of the molecule is COC(=O)C(SC1=CCC(C)(C(=O)O)O1)c1ccccc1CCCCCCCCc1ccccc1. The first-order valence-corrected chi connectivity index (χ1v) is 13.3. The van der Waals surface area contributed by atoms with Gasteiger partial charge in [0.15, 0.2) is 5.09 Å². The van der Waals surface area contributed by atoms with Gasteiger partial charge in [0.1, 0.15) is 5.25 Å². The summed E-state index contributed by atoms with van der Waals surface area (Å²) >= 11 is 1.22. The van der Waals surface area contributed by atoms with E-state index >= 15 is 0 Å². The first-order chi connectivity index (χ1) is 16.9. The molecule has 5 nitrogen and oxygen atoms in total. The van der Waals surface area contributed by atoms with Crippen LogP contribution in [0.15, 0.2) is 65.8 Å². The van der Waals surface area contributed by atoms with Crippen molar-refractivity contribution in [3.05, 3.63) is 82.5 Å². The number of hydrogen-bond donors (Lipinski definition) is 1. The lowest BCUT2D eigenvalue weighted by atomic mass is 9.98. The summed E-state index contributed by atoms with van der Waals surface area (Å²) in [5.74, 6) is -1.38. The summed E-state index contributed by atoms with van der Waals surface area (Å²) < 4.78 is 10.8. The van der Waals surface area contributed by atoms with Crippen LogP contribution in [-0.2, 0) is 31.9 Å². The number of unbranched alkanes of at least 4 members (excludes halogenated alkanes) is 5. The van der Waals surface area contributed by atoms with Gasteiger partial charge in [0, 0.05) is 6.42 Å². The Morgan fingerprint density at radius 3 is 2.26 bits per heavy atom. The molecule has 3 rings (SSSR count). The third-order valence-corrected chi connectivity index (χ3v) is 7.59. The molecule has 1 heterocycles. The van der Waals surface area contributed by atoms with Gasteiger partial charge in [-0.2, -0.15) is 0 Å². The van der Waals surface area contributed by atoms with Crippen LogP contribution in [-0.4, -0.2) is 29.8 Å². The number of carboxylic acids is 1. The van der Waals surface area contributed by atoms with Crippen LogP contribution in [0.25, 0.3) is 0 Å². The number of carboxylic acid groups (broad SMARTS) is 1. The fraction of sp³-hybridized carbons (Fsp3) is 0.448. The van der Waals surface area contributed by atoms with E-state index in [1.165, 1.54) is 50.1 Å². The Bertz CT molecular complexity index is 1000. The van der Waals surface area contributed by atoms with Gasteiger partial charge in [-0.1, -0.05) is 92.0 Å². The second-order valence-electron chi connectivity index (χ2n) is 9.19. The molecule has 0 amide bonds. The third-order valence-electron chi connectivity index (χ3n) is 6.43. The fourth-order valence-corrected chi connectivity index (χ4v) is 5.46. The minimum Gasteiger partial charge on any atom is -0.478 e. The predicted octanol–water partition coefficient (Wildman–Crippen LogP) is 6.86. The second kappa shape index (κ2) is 13.4. The molecular weight excluding hydrogens is 460 g/mol. The number of thioether (sulfide) groups is 1. The van der Waals surface area contributed by atoms with Gasteiger partial charge < -0.3 is 14.6 Å². The highest BCUT2D eigenvalue weighted by molar-refractivity contribution is 8.03. The number of aliphatic carboxylic acids is 1. The van der Waals surface area contributed by atoms with Gasteiger partial charge in [0.25, 0.3) is 0 Å². The van der Waals surface area contributed by atoms with Crippen molar-refractivity contribution in [3.63, 3.8) is 0 Å². The summed E-state index contributed by atoms with van der Waals surface area (Å²) in [4.78, 5) is 24.2. The molecule has 1 N–H and O–H groups in total. The van der Waals surface area contributed by atoms with Crippen molar-refractivity contribution in [2.75, 3.05) is 7.11 Å². The van der Waals surface area contributed by atoms with Crippen LogP contribution in [0.2, 0.25) is 0 Å². The Kier molecular flexibility index (Phi) is 10.3. The Labute approximate surface area is 212 Å². The summed E-state index contributed by atoms with van der Waals surface area (Å²) in [7, 11) is 1.38. The van der Waals surface area contributed by atoms with Crippen LogP contribution in [0, 0.1) is 0 Å². The monoisotopic (exact) mass is 496 g/mol.